The molecule has 1 heterocycles. The lowest BCUT2D eigenvalue weighted by molar-refractivity contribution is 0.746. The molecule has 0 saturated heterocycles. The maximum absolute atomic E-state index is 5.28. The lowest BCUT2D eigenvalue weighted by Crippen LogP contribution is -2.19. The topological polar surface area (TPSA) is 41.9 Å². The molecule has 0 unspecified atom stereocenters. The molecule has 18 heavy (non-hydrogen) atoms. The molecule has 0 aliphatic rings. The van der Waals surface area contributed by atoms with Crippen LogP contribution in [0.15, 0.2) is 36.5 Å². The molecule has 0 saturated carbocycles. The van der Waals surface area contributed by atoms with Crippen LogP contribution in [-0.2, 0) is 13.5 Å². The fourth-order valence-corrected chi connectivity index (χ4v) is 1.93. The molecular weight excluding hydrogens is 244 g/mol. The molecule has 0 fully saturated rings. The van der Waals surface area contributed by atoms with Crippen LogP contribution >= 0.6 is 12.2 Å². The molecule has 1 aromatic heterocycles. The van der Waals surface area contributed by atoms with Crippen molar-refractivity contribution in [2.45, 2.75) is 13.3 Å². The average Bonchev–Trinajstić information content (AvgIpc) is 2.70. The van der Waals surface area contributed by atoms with Gasteiger partial charge >= 0.3 is 0 Å². The second-order valence-corrected chi connectivity index (χ2v) is 4.37. The molecule has 0 aliphatic heterocycles. The fraction of sp³-hybridized carbons (Fsp3) is 0.231. The van der Waals surface area contributed by atoms with E-state index in [1.54, 1.807) is 4.68 Å². The molecule has 1 aromatic carbocycles. The molecule has 2 N–H and O–H groups in total. The van der Waals surface area contributed by atoms with E-state index in [9.17, 15) is 0 Å². The highest BCUT2D eigenvalue weighted by molar-refractivity contribution is 7.80. The van der Waals surface area contributed by atoms with Crippen LogP contribution in [0.5, 0.6) is 0 Å². The lowest BCUT2D eigenvalue weighted by Gasteiger charge is -2.09. The number of rotatable bonds is 3. The summed E-state index contributed by atoms with van der Waals surface area (Å²) in [6, 6.07) is 9.84. The zero-order valence-electron chi connectivity index (χ0n) is 10.5. The molecule has 0 bridgehead atoms. The zero-order chi connectivity index (χ0) is 13.0. The fourth-order valence-electron chi connectivity index (χ4n) is 1.71. The van der Waals surface area contributed by atoms with Crippen LogP contribution in [0.4, 0.5) is 11.4 Å². The third-order valence-corrected chi connectivity index (χ3v) is 2.72. The Morgan fingerprint density at radius 2 is 2.00 bits per heavy atom. The Morgan fingerprint density at radius 3 is 2.67 bits per heavy atom. The molecule has 0 atom stereocenters. The molecular formula is C13H16N4S. The summed E-state index contributed by atoms with van der Waals surface area (Å²) >= 11 is 5.28. The third kappa shape index (κ3) is 3.07. The van der Waals surface area contributed by atoms with Gasteiger partial charge in [-0.15, -0.1) is 0 Å². The highest BCUT2D eigenvalue weighted by Gasteiger charge is 2.07. The van der Waals surface area contributed by atoms with Crippen LogP contribution in [0.3, 0.4) is 0 Å². The molecule has 2 aromatic rings. The van der Waals surface area contributed by atoms with Gasteiger partial charge < -0.3 is 10.6 Å². The Hall–Kier alpha value is -1.88. The maximum atomic E-state index is 5.28. The number of hydrogen-bond acceptors (Lipinski definition) is 2. The molecule has 5 heteroatoms. The second kappa shape index (κ2) is 5.64. The molecule has 0 amide bonds. The van der Waals surface area contributed by atoms with Crippen LogP contribution in [0, 0.1) is 0 Å². The summed E-state index contributed by atoms with van der Waals surface area (Å²) in [6.45, 7) is 2.07. The largest absolute Gasteiger partial charge is 0.332 e. The van der Waals surface area contributed by atoms with E-state index in [1.807, 2.05) is 43.6 Å². The van der Waals surface area contributed by atoms with E-state index in [4.69, 9.17) is 12.2 Å². The second-order valence-electron chi connectivity index (χ2n) is 3.96. The van der Waals surface area contributed by atoms with Gasteiger partial charge in [0.05, 0.1) is 11.4 Å². The van der Waals surface area contributed by atoms with E-state index in [1.165, 1.54) is 0 Å². The highest BCUT2D eigenvalue weighted by Crippen LogP contribution is 2.14. The van der Waals surface area contributed by atoms with Crippen LogP contribution in [0.2, 0.25) is 0 Å². The quantitative estimate of drug-likeness (QED) is 0.833. The van der Waals surface area contributed by atoms with Crippen molar-refractivity contribution in [1.82, 2.24) is 9.78 Å². The monoisotopic (exact) mass is 260 g/mol. The first-order chi connectivity index (χ1) is 8.69. The normalized spacial score (nSPS) is 10.1. The van der Waals surface area contributed by atoms with Crippen molar-refractivity contribution < 1.29 is 0 Å². The van der Waals surface area contributed by atoms with Gasteiger partial charge in [-0.25, -0.2) is 0 Å². The number of aryl methyl sites for hydroxylation is 2. The van der Waals surface area contributed by atoms with E-state index < -0.39 is 0 Å². The number of anilines is 2. The Morgan fingerprint density at radius 1 is 1.28 bits per heavy atom. The number of nitrogens with one attached hydrogen (secondary N) is 2. The minimum atomic E-state index is 0.573. The lowest BCUT2D eigenvalue weighted by atomic mass is 10.3. The number of nitrogens with zero attached hydrogens (tertiary/aromatic N) is 2. The summed E-state index contributed by atoms with van der Waals surface area (Å²) in [6.07, 6.45) is 2.80. The number of aromatic nitrogens is 2. The highest BCUT2D eigenvalue weighted by atomic mass is 32.1. The van der Waals surface area contributed by atoms with E-state index in [0.29, 0.717) is 5.11 Å². The third-order valence-electron chi connectivity index (χ3n) is 2.52. The van der Waals surface area contributed by atoms with E-state index in [2.05, 4.69) is 22.7 Å². The molecule has 4 nitrogen and oxygen atoms in total. The Kier molecular flexibility index (Phi) is 3.94. The van der Waals surface area contributed by atoms with Crippen molar-refractivity contribution >= 4 is 28.7 Å². The van der Waals surface area contributed by atoms with Gasteiger partial charge in [0.25, 0.3) is 0 Å². The van der Waals surface area contributed by atoms with Gasteiger partial charge in [0.2, 0.25) is 0 Å². The minimum Gasteiger partial charge on any atom is -0.332 e. The minimum absolute atomic E-state index is 0.573. The summed E-state index contributed by atoms with van der Waals surface area (Å²) in [5.74, 6) is 0. The smallest absolute Gasteiger partial charge is 0.175 e. The van der Waals surface area contributed by atoms with Crippen LogP contribution < -0.4 is 10.6 Å². The zero-order valence-corrected chi connectivity index (χ0v) is 11.3. The van der Waals surface area contributed by atoms with E-state index >= 15 is 0 Å². The SMILES string of the molecule is CCc1nn(C)cc1NC(=S)Nc1ccccc1. The van der Waals surface area contributed by atoms with E-state index in [-0.39, 0.29) is 0 Å². The van der Waals surface area contributed by atoms with Gasteiger partial charge in [-0.1, -0.05) is 25.1 Å². The first-order valence-electron chi connectivity index (χ1n) is 5.84. The summed E-state index contributed by atoms with van der Waals surface area (Å²) in [5.41, 5.74) is 2.93. The first-order valence-corrected chi connectivity index (χ1v) is 6.25. The van der Waals surface area contributed by atoms with Crippen molar-refractivity contribution in [3.63, 3.8) is 0 Å². The summed E-state index contributed by atoms with van der Waals surface area (Å²) in [7, 11) is 1.90. The Balaban J connectivity index is 2.03. The summed E-state index contributed by atoms with van der Waals surface area (Å²) < 4.78 is 1.78. The van der Waals surface area contributed by atoms with E-state index in [0.717, 1.165) is 23.5 Å². The number of para-hydroxylation sites is 1. The van der Waals surface area contributed by atoms with Crippen molar-refractivity contribution in [3.8, 4) is 0 Å². The average molecular weight is 260 g/mol. The van der Waals surface area contributed by atoms with Crippen molar-refractivity contribution in [2.75, 3.05) is 10.6 Å². The Labute approximate surface area is 112 Å². The predicted octanol–water partition coefficient (Wildman–Crippen LogP) is 2.79. The molecule has 0 aliphatic carbocycles. The van der Waals surface area contributed by atoms with Crippen LogP contribution in [0.1, 0.15) is 12.6 Å². The van der Waals surface area contributed by atoms with Gasteiger partial charge in [0.15, 0.2) is 5.11 Å². The first kappa shape index (κ1) is 12.6. The van der Waals surface area contributed by atoms with Crippen molar-refractivity contribution in [2.24, 2.45) is 7.05 Å². The standard InChI is InChI=1S/C13H16N4S/c1-3-11-12(9-17(2)16-11)15-13(18)14-10-7-5-4-6-8-10/h4-9H,3H2,1-2H3,(H2,14,15,18). The summed E-state index contributed by atoms with van der Waals surface area (Å²) in [4.78, 5) is 0. The number of thiocarbonyl (C=S) groups is 1. The van der Waals surface area contributed by atoms with Crippen molar-refractivity contribution in [3.05, 3.63) is 42.2 Å². The van der Waals surface area contributed by atoms with Gasteiger partial charge in [-0.2, -0.15) is 5.10 Å². The van der Waals surface area contributed by atoms with Crippen LogP contribution in [-0.4, -0.2) is 14.9 Å². The number of hydrogen-bond donors (Lipinski definition) is 2. The van der Waals surface area contributed by atoms with Gasteiger partial charge in [0.1, 0.15) is 0 Å². The Bertz CT molecular complexity index is 533. The molecule has 94 valence electrons. The molecule has 2 rings (SSSR count). The van der Waals surface area contributed by atoms with Crippen molar-refractivity contribution in [1.29, 1.82) is 0 Å². The number of benzene rings is 1. The maximum Gasteiger partial charge on any atom is 0.175 e. The molecule has 0 spiro atoms. The molecule has 0 radical (unpaired) electrons. The van der Waals surface area contributed by atoms with Gasteiger partial charge in [-0.05, 0) is 30.8 Å². The van der Waals surface area contributed by atoms with Gasteiger partial charge in [-0.3, -0.25) is 4.68 Å². The predicted molar refractivity (Wildman–Crippen MR) is 78.9 cm³/mol. The summed E-state index contributed by atoms with van der Waals surface area (Å²) in [5, 5.41) is 11.2. The van der Waals surface area contributed by atoms with Crippen LogP contribution in [0.25, 0.3) is 0 Å². The van der Waals surface area contributed by atoms with Gasteiger partial charge in [0, 0.05) is 18.9 Å².